The van der Waals surface area contributed by atoms with Gasteiger partial charge in [0.05, 0.1) is 12.2 Å². The van der Waals surface area contributed by atoms with E-state index in [0.717, 1.165) is 30.3 Å². The molecule has 0 saturated carbocycles. The summed E-state index contributed by atoms with van der Waals surface area (Å²) in [4.78, 5) is 23.5. The molecule has 1 N–H and O–H groups in total. The monoisotopic (exact) mass is 363 g/mol. The summed E-state index contributed by atoms with van der Waals surface area (Å²) in [5, 5.41) is 6.71. The smallest absolute Gasteiger partial charge is 0.273 e. The van der Waals surface area contributed by atoms with Crippen LogP contribution in [0, 0.1) is 0 Å². The van der Waals surface area contributed by atoms with Crippen molar-refractivity contribution in [1.29, 1.82) is 0 Å². The standard InChI is InChI=1S/C20H21N5O2/c26-19(17-13-18(27-24-17)15-7-3-1-4-8-15)22-14-16-9-10-21-20(23-16)25-11-5-2-6-12-25/h1,3-4,7-10,13H,2,5-6,11-12,14H2,(H,22,26). The molecule has 1 fully saturated rings. The maximum Gasteiger partial charge on any atom is 0.273 e. The highest BCUT2D eigenvalue weighted by Gasteiger charge is 2.15. The number of nitrogens with one attached hydrogen (secondary N) is 1. The molecule has 0 unspecified atom stereocenters. The van der Waals surface area contributed by atoms with Gasteiger partial charge in [-0.15, -0.1) is 0 Å². The number of anilines is 1. The third-order valence-corrected chi connectivity index (χ3v) is 4.57. The molecule has 0 atom stereocenters. The third kappa shape index (κ3) is 4.13. The van der Waals surface area contributed by atoms with E-state index in [0.29, 0.717) is 12.3 Å². The second-order valence-electron chi connectivity index (χ2n) is 6.52. The van der Waals surface area contributed by atoms with Crippen molar-refractivity contribution < 1.29 is 9.32 Å². The predicted molar refractivity (Wildman–Crippen MR) is 101 cm³/mol. The first kappa shape index (κ1) is 17.2. The van der Waals surface area contributed by atoms with Crippen molar-refractivity contribution in [2.45, 2.75) is 25.8 Å². The van der Waals surface area contributed by atoms with Crippen LogP contribution >= 0.6 is 0 Å². The van der Waals surface area contributed by atoms with Crippen molar-refractivity contribution in [3.8, 4) is 11.3 Å². The fraction of sp³-hybridized carbons (Fsp3) is 0.300. The van der Waals surface area contributed by atoms with E-state index in [1.165, 1.54) is 19.3 Å². The van der Waals surface area contributed by atoms with Crippen LogP contribution < -0.4 is 10.2 Å². The summed E-state index contributed by atoms with van der Waals surface area (Å²) >= 11 is 0. The molecule has 1 saturated heterocycles. The molecular weight excluding hydrogens is 342 g/mol. The van der Waals surface area contributed by atoms with Gasteiger partial charge in [-0.3, -0.25) is 4.79 Å². The third-order valence-electron chi connectivity index (χ3n) is 4.57. The van der Waals surface area contributed by atoms with Crippen molar-refractivity contribution in [2.24, 2.45) is 0 Å². The summed E-state index contributed by atoms with van der Waals surface area (Å²) in [6, 6.07) is 13.0. The summed E-state index contributed by atoms with van der Waals surface area (Å²) < 4.78 is 5.28. The van der Waals surface area contributed by atoms with E-state index in [-0.39, 0.29) is 11.6 Å². The molecule has 1 aliphatic rings. The lowest BCUT2D eigenvalue weighted by Crippen LogP contribution is -2.31. The van der Waals surface area contributed by atoms with E-state index >= 15 is 0 Å². The molecule has 3 aromatic rings. The Kier molecular flexibility index (Phi) is 5.09. The maximum atomic E-state index is 12.4. The van der Waals surface area contributed by atoms with Gasteiger partial charge in [0.2, 0.25) is 5.95 Å². The summed E-state index contributed by atoms with van der Waals surface area (Å²) in [7, 11) is 0. The summed E-state index contributed by atoms with van der Waals surface area (Å²) in [6.45, 7) is 2.28. The fourth-order valence-electron chi connectivity index (χ4n) is 3.11. The van der Waals surface area contributed by atoms with Crippen molar-refractivity contribution in [3.63, 3.8) is 0 Å². The lowest BCUT2D eigenvalue weighted by molar-refractivity contribution is 0.0941. The summed E-state index contributed by atoms with van der Waals surface area (Å²) in [6.07, 6.45) is 5.33. The summed E-state index contributed by atoms with van der Waals surface area (Å²) in [5.74, 6) is 1.00. The van der Waals surface area contributed by atoms with Gasteiger partial charge < -0.3 is 14.7 Å². The van der Waals surface area contributed by atoms with Crippen molar-refractivity contribution in [2.75, 3.05) is 18.0 Å². The number of benzene rings is 1. The molecule has 7 nitrogen and oxygen atoms in total. The molecule has 7 heteroatoms. The van der Waals surface area contributed by atoms with Crippen LogP contribution in [0.1, 0.15) is 35.4 Å². The van der Waals surface area contributed by atoms with Crippen LogP contribution in [0.3, 0.4) is 0 Å². The Balaban J connectivity index is 1.39. The highest BCUT2D eigenvalue weighted by Crippen LogP contribution is 2.20. The Hall–Kier alpha value is -3.22. The van der Waals surface area contributed by atoms with Crippen LogP contribution in [0.2, 0.25) is 0 Å². The van der Waals surface area contributed by atoms with Gasteiger partial charge in [0.25, 0.3) is 5.91 Å². The number of hydrogen-bond donors (Lipinski definition) is 1. The van der Waals surface area contributed by atoms with E-state index in [4.69, 9.17) is 4.52 Å². The zero-order chi connectivity index (χ0) is 18.5. The molecule has 3 heterocycles. The Morgan fingerprint density at radius 2 is 1.93 bits per heavy atom. The predicted octanol–water partition coefficient (Wildman–Crippen LogP) is 3.05. The first-order valence-corrected chi connectivity index (χ1v) is 9.17. The van der Waals surface area contributed by atoms with Crippen molar-refractivity contribution >= 4 is 11.9 Å². The number of rotatable bonds is 5. The summed E-state index contributed by atoms with van der Waals surface area (Å²) in [5.41, 5.74) is 1.90. The van der Waals surface area contributed by atoms with Crippen molar-refractivity contribution in [1.82, 2.24) is 20.4 Å². The second-order valence-corrected chi connectivity index (χ2v) is 6.52. The highest BCUT2D eigenvalue weighted by molar-refractivity contribution is 5.93. The van der Waals surface area contributed by atoms with E-state index in [2.05, 4.69) is 25.3 Å². The number of amides is 1. The number of piperidine rings is 1. The lowest BCUT2D eigenvalue weighted by Gasteiger charge is -2.26. The molecule has 1 aromatic carbocycles. The van der Waals surface area contributed by atoms with E-state index in [9.17, 15) is 4.79 Å². The molecule has 1 amide bonds. The van der Waals surface area contributed by atoms with Gasteiger partial charge in [-0.2, -0.15) is 0 Å². The van der Waals surface area contributed by atoms with Crippen molar-refractivity contribution in [3.05, 3.63) is 60.0 Å². The normalized spacial score (nSPS) is 14.1. The quantitative estimate of drug-likeness (QED) is 0.750. The number of aromatic nitrogens is 3. The minimum Gasteiger partial charge on any atom is -0.355 e. The highest BCUT2D eigenvalue weighted by atomic mass is 16.5. The SMILES string of the molecule is O=C(NCc1ccnc(N2CCCCC2)n1)c1cc(-c2ccccc2)on1. The van der Waals surface area contributed by atoms with E-state index < -0.39 is 0 Å². The minimum absolute atomic E-state index is 0.249. The number of carbonyl (C=O) groups excluding carboxylic acids is 1. The molecule has 0 spiro atoms. The topological polar surface area (TPSA) is 84.2 Å². The van der Waals surface area contributed by atoms with E-state index in [1.807, 2.05) is 36.4 Å². The average Bonchev–Trinajstić information content (AvgIpc) is 3.24. The van der Waals surface area contributed by atoms with E-state index in [1.54, 1.807) is 12.3 Å². The van der Waals surface area contributed by atoms with Crippen LogP contribution in [-0.2, 0) is 6.54 Å². The van der Waals surface area contributed by atoms with Gasteiger partial charge >= 0.3 is 0 Å². The minimum atomic E-state index is -0.293. The van der Waals surface area contributed by atoms with Gasteiger partial charge in [-0.1, -0.05) is 35.5 Å². The van der Waals surface area contributed by atoms with Gasteiger partial charge in [0, 0.05) is 30.9 Å². The number of hydrogen-bond acceptors (Lipinski definition) is 6. The lowest BCUT2D eigenvalue weighted by atomic mass is 10.1. The van der Waals surface area contributed by atoms with Crippen LogP contribution in [0.4, 0.5) is 5.95 Å². The molecule has 0 radical (unpaired) electrons. The molecule has 0 bridgehead atoms. The maximum absolute atomic E-state index is 12.4. The van der Waals surface area contributed by atoms with Crippen LogP contribution in [0.25, 0.3) is 11.3 Å². The molecule has 27 heavy (non-hydrogen) atoms. The Morgan fingerprint density at radius 3 is 2.74 bits per heavy atom. The average molecular weight is 363 g/mol. The van der Waals surface area contributed by atoms with Gasteiger partial charge in [-0.05, 0) is 25.3 Å². The largest absolute Gasteiger partial charge is 0.355 e. The molecule has 138 valence electrons. The molecule has 1 aliphatic heterocycles. The molecule has 0 aliphatic carbocycles. The molecule has 2 aromatic heterocycles. The van der Waals surface area contributed by atoms with Gasteiger partial charge in [-0.25, -0.2) is 9.97 Å². The Morgan fingerprint density at radius 1 is 1.11 bits per heavy atom. The Labute approximate surface area is 157 Å². The van der Waals surface area contributed by atoms with Crippen LogP contribution in [-0.4, -0.2) is 34.1 Å². The number of carbonyl (C=O) groups is 1. The van der Waals surface area contributed by atoms with Crippen LogP contribution in [0.5, 0.6) is 0 Å². The fourth-order valence-corrected chi connectivity index (χ4v) is 3.11. The first-order chi connectivity index (χ1) is 13.3. The van der Waals surface area contributed by atoms with Gasteiger partial charge in [0.1, 0.15) is 0 Å². The zero-order valence-electron chi connectivity index (χ0n) is 15.0. The molecular formula is C20H21N5O2. The first-order valence-electron chi connectivity index (χ1n) is 9.17. The van der Waals surface area contributed by atoms with Crippen LogP contribution in [0.15, 0.2) is 53.2 Å². The zero-order valence-corrected chi connectivity index (χ0v) is 15.0. The van der Waals surface area contributed by atoms with Gasteiger partial charge in [0.15, 0.2) is 11.5 Å². The molecule has 4 rings (SSSR count). The second kappa shape index (κ2) is 7.99. The number of nitrogens with zero attached hydrogens (tertiary/aromatic N) is 4. The Bertz CT molecular complexity index is 904.